The number of fused-ring (bicyclic) bond motifs is 1. The van der Waals surface area contributed by atoms with E-state index in [0.29, 0.717) is 24.2 Å². The zero-order valence-electron chi connectivity index (χ0n) is 22.1. The molecule has 0 aliphatic carbocycles. The van der Waals surface area contributed by atoms with Crippen LogP contribution in [0.3, 0.4) is 0 Å². The molecule has 3 nitrogen and oxygen atoms in total. The average molecular weight is 511 g/mol. The summed E-state index contributed by atoms with van der Waals surface area (Å²) >= 11 is 0. The van der Waals surface area contributed by atoms with E-state index < -0.39 is 12.1 Å². The molecule has 0 fully saturated rings. The van der Waals surface area contributed by atoms with Crippen molar-refractivity contribution in [3.63, 3.8) is 0 Å². The van der Waals surface area contributed by atoms with Crippen molar-refractivity contribution in [1.82, 2.24) is 10.6 Å². The molecule has 37 heavy (non-hydrogen) atoms. The first-order valence-electron chi connectivity index (χ1n) is 13.1. The number of urea groups is 1. The van der Waals surface area contributed by atoms with E-state index in [1.54, 1.807) is 18.2 Å². The summed E-state index contributed by atoms with van der Waals surface area (Å²) in [5.74, 6) is -1.70. The van der Waals surface area contributed by atoms with Gasteiger partial charge in [0.15, 0.2) is 0 Å². The van der Waals surface area contributed by atoms with Crippen LogP contribution in [0.4, 0.5) is 18.0 Å². The Morgan fingerprint density at radius 2 is 1.51 bits per heavy atom. The molecule has 2 N–H and O–H groups in total. The van der Waals surface area contributed by atoms with Gasteiger partial charge in [-0.1, -0.05) is 87.4 Å². The fraction of sp³-hybridized carbons (Fsp3) is 0.387. The number of hydrogen-bond donors (Lipinski definition) is 2. The lowest BCUT2D eigenvalue weighted by atomic mass is 9.88. The quantitative estimate of drug-likeness (QED) is 0.283. The summed E-state index contributed by atoms with van der Waals surface area (Å²) in [7, 11) is 0. The highest BCUT2D eigenvalue weighted by Gasteiger charge is 2.39. The molecule has 0 aliphatic rings. The monoisotopic (exact) mass is 510 g/mol. The molecule has 2 amide bonds. The Morgan fingerprint density at radius 3 is 2.08 bits per heavy atom. The minimum absolute atomic E-state index is 0.258. The molecule has 0 spiro atoms. The minimum atomic E-state index is -4.41. The Labute approximate surface area is 218 Å². The third-order valence-electron chi connectivity index (χ3n) is 6.69. The minimum Gasteiger partial charge on any atom is -0.338 e. The molecule has 0 radical (unpaired) electrons. The van der Waals surface area contributed by atoms with Crippen molar-refractivity contribution in [1.29, 1.82) is 0 Å². The van der Waals surface area contributed by atoms with E-state index in [1.807, 2.05) is 64.1 Å². The van der Waals surface area contributed by atoms with E-state index in [4.69, 9.17) is 0 Å². The third-order valence-corrected chi connectivity index (χ3v) is 6.69. The maximum atomic E-state index is 14.4. The first-order valence-corrected chi connectivity index (χ1v) is 13.1. The van der Waals surface area contributed by atoms with Gasteiger partial charge < -0.3 is 10.6 Å². The largest absolute Gasteiger partial charge is 0.399 e. The predicted molar refractivity (Wildman–Crippen MR) is 147 cm³/mol. The van der Waals surface area contributed by atoms with E-state index in [-0.39, 0.29) is 6.03 Å². The summed E-state index contributed by atoms with van der Waals surface area (Å²) < 4.78 is 43.1. The molecule has 3 aromatic carbocycles. The first kappa shape index (κ1) is 28.3. The van der Waals surface area contributed by atoms with Crippen LogP contribution in [0.5, 0.6) is 0 Å². The van der Waals surface area contributed by atoms with Crippen LogP contribution < -0.4 is 10.6 Å². The Balaban J connectivity index is 2.01. The van der Waals surface area contributed by atoms with Gasteiger partial charge in [0.1, 0.15) is 0 Å². The van der Waals surface area contributed by atoms with Crippen molar-refractivity contribution in [2.75, 3.05) is 6.54 Å². The van der Waals surface area contributed by atoms with E-state index in [2.05, 4.69) is 10.6 Å². The number of alkyl halides is 3. The van der Waals surface area contributed by atoms with Gasteiger partial charge in [-0.3, -0.25) is 0 Å². The SMILES string of the molecule is CCCc1cc(C(/C=C/c2ccc(CNC(=O)NCC)c3ccccc23)C(F)(F)F)cc(CCC)c1C. The van der Waals surface area contributed by atoms with Gasteiger partial charge in [0.2, 0.25) is 0 Å². The smallest absolute Gasteiger partial charge is 0.338 e. The Kier molecular flexibility index (Phi) is 9.79. The van der Waals surface area contributed by atoms with Crippen LogP contribution in [0.15, 0.2) is 54.6 Å². The van der Waals surface area contributed by atoms with Crippen molar-refractivity contribution in [2.24, 2.45) is 0 Å². The molecule has 1 atom stereocenters. The fourth-order valence-electron chi connectivity index (χ4n) is 4.80. The number of rotatable bonds is 10. The second-order valence-corrected chi connectivity index (χ2v) is 9.42. The van der Waals surface area contributed by atoms with Crippen molar-refractivity contribution in [3.8, 4) is 0 Å². The van der Waals surface area contributed by atoms with Crippen LogP contribution >= 0.6 is 0 Å². The molecular weight excluding hydrogens is 473 g/mol. The molecule has 0 saturated heterocycles. The van der Waals surface area contributed by atoms with Crippen molar-refractivity contribution in [2.45, 2.75) is 72.0 Å². The van der Waals surface area contributed by atoms with Crippen molar-refractivity contribution in [3.05, 3.63) is 88.0 Å². The van der Waals surface area contributed by atoms with Gasteiger partial charge in [-0.15, -0.1) is 0 Å². The number of aryl methyl sites for hydroxylation is 2. The Morgan fingerprint density at radius 1 is 0.892 bits per heavy atom. The maximum absolute atomic E-state index is 14.4. The van der Waals surface area contributed by atoms with Gasteiger partial charge in [-0.2, -0.15) is 13.2 Å². The number of nitrogens with one attached hydrogen (secondary N) is 2. The van der Waals surface area contributed by atoms with Crippen LogP contribution in [-0.4, -0.2) is 18.8 Å². The summed E-state index contributed by atoms with van der Waals surface area (Å²) in [6, 6.07) is 14.5. The molecule has 3 rings (SSSR count). The lowest BCUT2D eigenvalue weighted by Gasteiger charge is -2.21. The van der Waals surface area contributed by atoms with Gasteiger partial charge in [-0.25, -0.2) is 4.79 Å². The summed E-state index contributed by atoms with van der Waals surface area (Å²) in [6.45, 7) is 8.81. The van der Waals surface area contributed by atoms with E-state index >= 15 is 0 Å². The highest BCUT2D eigenvalue weighted by atomic mass is 19.4. The van der Waals surface area contributed by atoms with Crippen molar-refractivity contribution < 1.29 is 18.0 Å². The molecule has 1 unspecified atom stereocenters. The van der Waals surface area contributed by atoms with Gasteiger partial charge >= 0.3 is 12.2 Å². The van der Waals surface area contributed by atoms with E-state index in [1.165, 1.54) is 6.08 Å². The molecule has 0 aromatic heterocycles. The number of carbonyl (C=O) groups excluding carboxylic acids is 1. The second kappa shape index (κ2) is 12.8. The summed E-state index contributed by atoms with van der Waals surface area (Å²) in [6.07, 6.45) is 1.75. The normalized spacial score (nSPS) is 12.7. The molecular formula is C31H37F3N2O. The lowest BCUT2D eigenvalue weighted by molar-refractivity contribution is -0.139. The molecule has 0 aliphatic heterocycles. The summed E-state index contributed by atoms with van der Waals surface area (Å²) in [4.78, 5) is 11.8. The zero-order valence-corrected chi connectivity index (χ0v) is 22.1. The zero-order chi connectivity index (χ0) is 27.0. The number of amides is 2. The van der Waals surface area contributed by atoms with Crippen molar-refractivity contribution >= 4 is 22.9 Å². The number of hydrogen-bond acceptors (Lipinski definition) is 1. The molecule has 6 heteroatoms. The number of benzene rings is 3. The fourth-order valence-corrected chi connectivity index (χ4v) is 4.80. The van der Waals surface area contributed by atoms with E-state index in [0.717, 1.165) is 58.7 Å². The molecule has 0 heterocycles. The highest BCUT2D eigenvalue weighted by molar-refractivity contribution is 5.93. The van der Waals surface area contributed by atoms with Gasteiger partial charge in [0, 0.05) is 13.1 Å². The lowest BCUT2D eigenvalue weighted by Crippen LogP contribution is -2.34. The third kappa shape index (κ3) is 7.15. The van der Waals surface area contributed by atoms with Gasteiger partial charge in [0.25, 0.3) is 0 Å². The van der Waals surface area contributed by atoms with Crippen LogP contribution in [0.25, 0.3) is 16.8 Å². The van der Waals surface area contributed by atoms with Crippen LogP contribution in [0, 0.1) is 6.92 Å². The van der Waals surface area contributed by atoms with E-state index in [9.17, 15) is 18.0 Å². The van der Waals surface area contributed by atoms with Gasteiger partial charge in [-0.05, 0) is 70.8 Å². The van der Waals surface area contributed by atoms with Gasteiger partial charge in [0.05, 0.1) is 5.92 Å². The first-order chi connectivity index (χ1) is 17.7. The van der Waals surface area contributed by atoms with Crippen LogP contribution in [0.2, 0.25) is 0 Å². The number of allylic oxidation sites excluding steroid dienone is 1. The number of carbonyl (C=O) groups is 1. The Hall–Kier alpha value is -3.28. The standard InChI is InChI=1S/C31H37F3N2O/c1-5-10-23-18-26(19-24(11-6-2)21(23)4)29(31(32,33)34)17-16-22-14-15-25(20-36-30(37)35-7-3)28-13-9-8-12-27(22)28/h8-9,12-19,29H,5-7,10-11,20H2,1-4H3,(H2,35,36,37)/b17-16+. The maximum Gasteiger partial charge on any atom is 0.399 e. The molecule has 0 bridgehead atoms. The predicted octanol–water partition coefficient (Wildman–Crippen LogP) is 8.23. The second-order valence-electron chi connectivity index (χ2n) is 9.42. The summed E-state index contributed by atoms with van der Waals surface area (Å²) in [5, 5.41) is 7.26. The summed E-state index contributed by atoms with van der Waals surface area (Å²) in [5.41, 5.74) is 5.02. The Bertz CT molecular complexity index is 1220. The molecule has 198 valence electrons. The molecule has 3 aromatic rings. The van der Waals surface area contributed by atoms with Crippen LogP contribution in [-0.2, 0) is 19.4 Å². The van der Waals surface area contributed by atoms with Crippen LogP contribution in [0.1, 0.15) is 72.9 Å². The topological polar surface area (TPSA) is 41.1 Å². The highest BCUT2D eigenvalue weighted by Crippen LogP contribution is 2.39. The molecule has 0 saturated carbocycles. The number of halogens is 3. The average Bonchev–Trinajstić information content (AvgIpc) is 2.85.